The first kappa shape index (κ1) is 23.2. The number of carboxylic acid groups (broad SMARTS) is 1. The van der Waals surface area contributed by atoms with Crippen LogP contribution in [-0.4, -0.2) is 54.0 Å². The van der Waals surface area contributed by atoms with E-state index in [1.54, 1.807) is 16.6 Å². The predicted octanol–water partition coefficient (Wildman–Crippen LogP) is 5.31. The summed E-state index contributed by atoms with van der Waals surface area (Å²) in [6.45, 7) is 4.63. The van der Waals surface area contributed by atoms with E-state index in [0.29, 0.717) is 59.0 Å². The Kier molecular flexibility index (Phi) is 5.91. The number of halogens is 3. The summed E-state index contributed by atoms with van der Waals surface area (Å²) >= 11 is 1.29. The van der Waals surface area contributed by atoms with E-state index in [4.69, 9.17) is 0 Å². The van der Waals surface area contributed by atoms with E-state index in [1.807, 2.05) is 13.8 Å². The third-order valence-corrected chi connectivity index (χ3v) is 7.30. The lowest BCUT2D eigenvalue weighted by molar-refractivity contribution is 0.132. The smallest absolute Gasteiger partial charge is 0.407 e. The van der Waals surface area contributed by atoms with Gasteiger partial charge in [0.05, 0.1) is 15.6 Å². The number of rotatable bonds is 4. The molecule has 182 valence electrons. The zero-order chi connectivity index (χ0) is 24.9. The summed E-state index contributed by atoms with van der Waals surface area (Å²) in [4.78, 5) is 17.8. The number of hydrogen-bond acceptors (Lipinski definition) is 6. The van der Waals surface area contributed by atoms with Crippen molar-refractivity contribution < 1.29 is 23.1 Å². The van der Waals surface area contributed by atoms with Crippen molar-refractivity contribution in [1.82, 2.24) is 29.7 Å². The van der Waals surface area contributed by atoms with Gasteiger partial charge in [0.1, 0.15) is 11.5 Å². The Balaban J connectivity index is 1.64. The normalized spacial score (nSPS) is 14.9. The van der Waals surface area contributed by atoms with Crippen LogP contribution in [0.1, 0.15) is 49.4 Å². The maximum atomic E-state index is 14.8. The number of aromatic nitrogens is 5. The van der Waals surface area contributed by atoms with E-state index in [9.17, 15) is 23.1 Å². The van der Waals surface area contributed by atoms with Gasteiger partial charge in [-0.1, -0.05) is 13.8 Å². The van der Waals surface area contributed by atoms with Crippen molar-refractivity contribution >= 4 is 23.1 Å². The molecule has 1 fully saturated rings. The minimum absolute atomic E-state index is 0.0484. The molecule has 35 heavy (non-hydrogen) atoms. The highest BCUT2D eigenvalue weighted by Crippen LogP contribution is 2.42. The molecule has 8 nitrogen and oxygen atoms in total. The summed E-state index contributed by atoms with van der Waals surface area (Å²) in [6, 6.07) is 4.75. The number of benzene rings is 1. The van der Waals surface area contributed by atoms with Crippen molar-refractivity contribution in [1.29, 1.82) is 0 Å². The molecule has 12 heteroatoms. The Morgan fingerprint density at radius 2 is 1.80 bits per heavy atom. The molecule has 0 aliphatic carbocycles. The maximum absolute atomic E-state index is 14.8. The van der Waals surface area contributed by atoms with Crippen LogP contribution in [0.3, 0.4) is 0 Å². The molecule has 0 unspecified atom stereocenters. The van der Waals surface area contributed by atoms with E-state index in [1.165, 1.54) is 16.2 Å². The molecule has 4 aromatic rings. The minimum Gasteiger partial charge on any atom is -0.465 e. The molecule has 1 saturated heterocycles. The Morgan fingerprint density at radius 1 is 1.09 bits per heavy atom. The zero-order valence-electron chi connectivity index (χ0n) is 18.9. The molecule has 1 aromatic carbocycles. The lowest BCUT2D eigenvalue weighted by atomic mass is 9.98. The van der Waals surface area contributed by atoms with Crippen LogP contribution in [-0.2, 0) is 0 Å². The molecule has 1 N–H and O–H groups in total. The molecule has 1 aliphatic rings. The first-order valence-corrected chi connectivity index (χ1v) is 11.9. The van der Waals surface area contributed by atoms with Crippen molar-refractivity contribution in [2.75, 3.05) is 13.1 Å². The maximum Gasteiger partial charge on any atom is 0.407 e. The van der Waals surface area contributed by atoms with Crippen LogP contribution in [0.2, 0.25) is 0 Å². The molecule has 1 aliphatic heterocycles. The lowest BCUT2D eigenvalue weighted by Crippen LogP contribution is -2.36. The van der Waals surface area contributed by atoms with Crippen molar-refractivity contribution in [3.05, 3.63) is 52.5 Å². The molecule has 0 atom stereocenters. The average molecular weight is 503 g/mol. The first-order valence-electron chi connectivity index (χ1n) is 11.1. The first-order chi connectivity index (χ1) is 16.7. The van der Waals surface area contributed by atoms with E-state index >= 15 is 0 Å². The topological polar surface area (TPSA) is 96.5 Å². The van der Waals surface area contributed by atoms with Crippen molar-refractivity contribution in [3.8, 4) is 21.8 Å². The van der Waals surface area contributed by atoms with Crippen molar-refractivity contribution in [3.63, 3.8) is 0 Å². The van der Waals surface area contributed by atoms with Gasteiger partial charge in [-0.25, -0.2) is 22.9 Å². The van der Waals surface area contributed by atoms with Gasteiger partial charge in [0.2, 0.25) is 0 Å². The number of nitrogens with zero attached hydrogens (tertiary/aromatic N) is 6. The molecule has 0 spiro atoms. The van der Waals surface area contributed by atoms with E-state index in [2.05, 4.69) is 20.3 Å². The van der Waals surface area contributed by atoms with Gasteiger partial charge in [-0.3, -0.25) is 0 Å². The quantitative estimate of drug-likeness (QED) is 0.380. The summed E-state index contributed by atoms with van der Waals surface area (Å²) in [7, 11) is 0. The number of piperidine rings is 1. The van der Waals surface area contributed by atoms with Gasteiger partial charge >= 0.3 is 6.09 Å². The summed E-state index contributed by atoms with van der Waals surface area (Å²) < 4.78 is 44.2. The van der Waals surface area contributed by atoms with Crippen LogP contribution in [0.15, 0.2) is 24.3 Å². The SMILES string of the molecule is CC(C)c1nnc2ccc(-c3sc(C4CCN(C(=O)O)CC4)nc3-c3cc(F)c(F)cc3F)nn12. The van der Waals surface area contributed by atoms with Crippen molar-refractivity contribution in [2.24, 2.45) is 0 Å². The van der Waals surface area contributed by atoms with Gasteiger partial charge in [0, 0.05) is 36.6 Å². The fourth-order valence-corrected chi connectivity index (χ4v) is 5.39. The zero-order valence-corrected chi connectivity index (χ0v) is 19.7. The van der Waals surface area contributed by atoms with Gasteiger partial charge in [-0.05, 0) is 31.0 Å². The molecule has 0 saturated carbocycles. The molecule has 0 radical (unpaired) electrons. The van der Waals surface area contributed by atoms with Gasteiger partial charge in [0.25, 0.3) is 0 Å². The Labute approximate surface area is 202 Å². The van der Waals surface area contributed by atoms with Gasteiger partial charge in [-0.15, -0.1) is 21.5 Å². The number of thiazole rings is 1. The minimum atomic E-state index is -1.28. The highest BCUT2D eigenvalue weighted by atomic mass is 32.1. The molecule has 5 rings (SSSR count). The number of fused-ring (bicyclic) bond motifs is 1. The third-order valence-electron chi connectivity index (χ3n) is 6.06. The second kappa shape index (κ2) is 8.91. The van der Waals surface area contributed by atoms with Crippen LogP contribution in [0.5, 0.6) is 0 Å². The number of carbonyl (C=O) groups is 1. The van der Waals surface area contributed by atoms with Crippen LogP contribution in [0.25, 0.3) is 27.5 Å². The summed E-state index contributed by atoms with van der Waals surface area (Å²) in [5.41, 5.74) is 1.00. The van der Waals surface area contributed by atoms with E-state index < -0.39 is 23.5 Å². The summed E-state index contributed by atoms with van der Waals surface area (Å²) in [5.74, 6) is -2.76. The second-order valence-electron chi connectivity index (χ2n) is 8.72. The number of hydrogen-bond donors (Lipinski definition) is 1. The van der Waals surface area contributed by atoms with Gasteiger partial charge < -0.3 is 10.0 Å². The Bertz CT molecular complexity index is 1430. The Hall–Kier alpha value is -3.54. The third kappa shape index (κ3) is 4.22. The monoisotopic (exact) mass is 502 g/mol. The second-order valence-corrected chi connectivity index (χ2v) is 9.75. The lowest BCUT2D eigenvalue weighted by Gasteiger charge is -2.28. The molecule has 0 bridgehead atoms. The van der Waals surface area contributed by atoms with Crippen LogP contribution in [0, 0.1) is 17.5 Å². The Morgan fingerprint density at radius 3 is 2.49 bits per heavy atom. The van der Waals surface area contributed by atoms with Crippen molar-refractivity contribution in [2.45, 2.75) is 38.5 Å². The fourth-order valence-electron chi connectivity index (χ4n) is 4.18. The molecular weight excluding hydrogens is 481 g/mol. The van der Waals surface area contributed by atoms with Crippen LogP contribution >= 0.6 is 11.3 Å². The van der Waals surface area contributed by atoms with E-state index in [0.717, 1.165) is 6.07 Å². The highest BCUT2D eigenvalue weighted by molar-refractivity contribution is 7.15. The molecule has 4 heterocycles. The fraction of sp³-hybridized carbons (Fsp3) is 0.348. The van der Waals surface area contributed by atoms with Crippen LogP contribution in [0.4, 0.5) is 18.0 Å². The van der Waals surface area contributed by atoms with Gasteiger partial charge in [-0.2, -0.15) is 9.61 Å². The largest absolute Gasteiger partial charge is 0.465 e. The van der Waals surface area contributed by atoms with E-state index in [-0.39, 0.29) is 23.1 Å². The molecule has 1 amide bonds. The molecule has 3 aromatic heterocycles. The van der Waals surface area contributed by atoms with Gasteiger partial charge in [0.15, 0.2) is 23.1 Å². The summed E-state index contributed by atoms with van der Waals surface area (Å²) in [6.07, 6.45) is 0.128. The summed E-state index contributed by atoms with van der Waals surface area (Å²) in [5, 5.41) is 22.9. The number of amides is 1. The molecular formula is C23H21F3N6O2S. The van der Waals surface area contributed by atoms with Crippen LogP contribution < -0.4 is 0 Å². The average Bonchev–Trinajstić information content (AvgIpc) is 3.46. The highest BCUT2D eigenvalue weighted by Gasteiger charge is 2.29. The standard InChI is InChI=1S/C23H21F3N6O2S/c1-11(2)21-29-28-18-4-3-17(30-32(18)21)20-19(13-9-15(25)16(26)10-14(13)24)27-22(35-20)12-5-7-31(8-6-12)23(33)34/h3-4,9-12H,5-8H2,1-2H3,(H,33,34). The number of likely N-dealkylation sites (tertiary alicyclic amines) is 1. The predicted molar refractivity (Wildman–Crippen MR) is 123 cm³/mol.